The van der Waals surface area contributed by atoms with Crippen molar-refractivity contribution < 1.29 is 23.8 Å². The molecule has 1 atom stereocenters. The molecule has 0 unspecified atom stereocenters. The maximum absolute atomic E-state index is 13.7. The molecule has 5 nitrogen and oxygen atoms in total. The van der Waals surface area contributed by atoms with Crippen molar-refractivity contribution in [3.63, 3.8) is 0 Å². The molecule has 0 saturated heterocycles. The Balaban J connectivity index is 1.34. The van der Waals surface area contributed by atoms with Gasteiger partial charge in [-0.25, -0.2) is 14.0 Å². The van der Waals surface area contributed by atoms with Crippen LogP contribution in [0.3, 0.4) is 0 Å². The number of benzene rings is 3. The molecule has 2 N–H and O–H groups in total. The molecule has 1 aliphatic rings. The van der Waals surface area contributed by atoms with E-state index in [2.05, 4.69) is 5.32 Å². The summed E-state index contributed by atoms with van der Waals surface area (Å²) in [4.78, 5) is 24.0. The lowest BCUT2D eigenvalue weighted by atomic mass is 9.98. The second-order valence-corrected chi connectivity index (χ2v) is 7.84. The van der Waals surface area contributed by atoms with Gasteiger partial charge < -0.3 is 15.2 Å². The van der Waals surface area contributed by atoms with Gasteiger partial charge in [0, 0.05) is 5.92 Å². The molecule has 4 rings (SSSR count). The third-order valence-corrected chi connectivity index (χ3v) is 5.83. The van der Waals surface area contributed by atoms with Crippen LogP contribution in [0.25, 0.3) is 11.1 Å². The van der Waals surface area contributed by atoms with E-state index >= 15 is 0 Å². The van der Waals surface area contributed by atoms with Crippen LogP contribution >= 0.6 is 0 Å². The summed E-state index contributed by atoms with van der Waals surface area (Å²) in [5, 5.41) is 11.9. The number of alkyl carbamates (subject to hydrolysis) is 1. The zero-order chi connectivity index (χ0) is 22.5. The molecule has 3 aromatic rings. The number of fused-ring (bicyclic) bond motifs is 3. The van der Waals surface area contributed by atoms with Crippen molar-refractivity contribution in [3.8, 4) is 11.1 Å². The first kappa shape index (κ1) is 21.6. The van der Waals surface area contributed by atoms with E-state index in [-0.39, 0.29) is 24.8 Å². The highest BCUT2D eigenvalue weighted by molar-refractivity contribution is 5.81. The Labute approximate surface area is 185 Å². The minimum atomic E-state index is -1.15. The van der Waals surface area contributed by atoms with Crippen molar-refractivity contribution in [2.75, 3.05) is 6.61 Å². The Bertz CT molecular complexity index is 1080. The first-order valence-electron chi connectivity index (χ1n) is 10.6. The highest BCUT2D eigenvalue weighted by atomic mass is 19.1. The molecule has 0 spiro atoms. The van der Waals surface area contributed by atoms with Gasteiger partial charge in [-0.05, 0) is 53.1 Å². The first-order chi connectivity index (χ1) is 15.5. The molecule has 0 heterocycles. The van der Waals surface area contributed by atoms with E-state index in [1.54, 1.807) is 18.2 Å². The van der Waals surface area contributed by atoms with Gasteiger partial charge in [0.1, 0.15) is 18.5 Å². The Morgan fingerprint density at radius 3 is 2.16 bits per heavy atom. The maximum atomic E-state index is 13.7. The molecule has 3 aromatic carbocycles. The normalized spacial score (nSPS) is 13.2. The summed E-state index contributed by atoms with van der Waals surface area (Å²) in [5.74, 6) is -1.56. The van der Waals surface area contributed by atoms with Crippen molar-refractivity contribution in [1.29, 1.82) is 0 Å². The van der Waals surface area contributed by atoms with Crippen LogP contribution in [0, 0.1) is 5.82 Å². The number of hydrogen-bond donors (Lipinski definition) is 2. The van der Waals surface area contributed by atoms with Gasteiger partial charge in [-0.1, -0.05) is 66.7 Å². The quantitative estimate of drug-likeness (QED) is 0.516. The molecule has 6 heteroatoms. The van der Waals surface area contributed by atoms with Gasteiger partial charge in [0.15, 0.2) is 0 Å². The lowest BCUT2D eigenvalue weighted by Crippen LogP contribution is -2.41. The monoisotopic (exact) mass is 433 g/mol. The van der Waals surface area contributed by atoms with Crippen LogP contribution in [0.1, 0.15) is 35.4 Å². The number of halogens is 1. The van der Waals surface area contributed by atoms with Crippen molar-refractivity contribution in [1.82, 2.24) is 5.32 Å². The van der Waals surface area contributed by atoms with Crippen molar-refractivity contribution in [3.05, 3.63) is 95.3 Å². The maximum Gasteiger partial charge on any atom is 0.407 e. The van der Waals surface area contributed by atoms with Crippen LogP contribution in [0.4, 0.5) is 9.18 Å². The second kappa shape index (κ2) is 9.64. The number of carboxylic acids is 1. The molecular weight excluding hydrogens is 409 g/mol. The van der Waals surface area contributed by atoms with Crippen molar-refractivity contribution in [2.24, 2.45) is 0 Å². The zero-order valence-electron chi connectivity index (χ0n) is 17.5. The number of nitrogens with one attached hydrogen (secondary N) is 1. The van der Waals surface area contributed by atoms with Gasteiger partial charge >= 0.3 is 12.1 Å². The summed E-state index contributed by atoms with van der Waals surface area (Å²) < 4.78 is 19.2. The molecule has 0 bridgehead atoms. The van der Waals surface area contributed by atoms with Crippen LogP contribution in [0.15, 0.2) is 72.8 Å². The van der Waals surface area contributed by atoms with E-state index < -0.39 is 18.1 Å². The Hall–Kier alpha value is -3.67. The Morgan fingerprint density at radius 1 is 0.938 bits per heavy atom. The Morgan fingerprint density at radius 2 is 1.53 bits per heavy atom. The van der Waals surface area contributed by atoms with E-state index in [1.807, 2.05) is 48.5 Å². The number of aliphatic carboxylic acids is 1. The standard InChI is InChI=1S/C26H24FNO4/c27-23-14-6-1-8-17(23)9-7-15-24(25(29)30)28-26(31)32-16-22-20-12-4-2-10-18(20)19-11-3-5-13-21(19)22/h1-6,8,10-14,22,24H,7,9,15-16H2,(H,28,31)(H,29,30)/t24-/m0/s1. The van der Waals surface area contributed by atoms with Gasteiger partial charge in [-0.3, -0.25) is 0 Å². The highest BCUT2D eigenvalue weighted by Gasteiger charge is 2.29. The lowest BCUT2D eigenvalue weighted by molar-refractivity contribution is -0.139. The average molecular weight is 433 g/mol. The molecular formula is C26H24FNO4. The lowest BCUT2D eigenvalue weighted by Gasteiger charge is -2.17. The van der Waals surface area contributed by atoms with E-state index in [4.69, 9.17) is 4.74 Å². The second-order valence-electron chi connectivity index (χ2n) is 7.84. The minimum absolute atomic E-state index is 0.0996. The molecule has 0 radical (unpaired) electrons. The first-order valence-corrected chi connectivity index (χ1v) is 10.6. The number of aryl methyl sites for hydroxylation is 1. The molecule has 32 heavy (non-hydrogen) atoms. The fraction of sp³-hybridized carbons (Fsp3) is 0.231. The van der Waals surface area contributed by atoms with Crippen LogP contribution < -0.4 is 5.32 Å². The van der Waals surface area contributed by atoms with Crippen LogP contribution in [-0.2, 0) is 16.0 Å². The summed E-state index contributed by atoms with van der Waals surface area (Å²) in [6, 6.07) is 21.3. The van der Waals surface area contributed by atoms with E-state index in [0.717, 1.165) is 22.3 Å². The predicted molar refractivity (Wildman–Crippen MR) is 119 cm³/mol. The fourth-order valence-electron chi connectivity index (χ4n) is 4.24. The number of ether oxygens (including phenoxy) is 1. The van der Waals surface area contributed by atoms with Crippen molar-refractivity contribution >= 4 is 12.1 Å². The zero-order valence-corrected chi connectivity index (χ0v) is 17.5. The summed E-state index contributed by atoms with van der Waals surface area (Å²) in [7, 11) is 0. The van der Waals surface area contributed by atoms with E-state index in [0.29, 0.717) is 18.4 Å². The van der Waals surface area contributed by atoms with Gasteiger partial charge in [-0.15, -0.1) is 0 Å². The fourth-order valence-corrected chi connectivity index (χ4v) is 4.24. The topological polar surface area (TPSA) is 75.6 Å². The number of carboxylic acid groups (broad SMARTS) is 1. The molecule has 0 aromatic heterocycles. The minimum Gasteiger partial charge on any atom is -0.480 e. The molecule has 0 saturated carbocycles. The summed E-state index contributed by atoms with van der Waals surface area (Å²) in [5.41, 5.74) is 4.93. The Kier molecular flexibility index (Phi) is 6.50. The highest BCUT2D eigenvalue weighted by Crippen LogP contribution is 2.44. The molecule has 1 aliphatic carbocycles. The smallest absolute Gasteiger partial charge is 0.407 e. The molecule has 0 aliphatic heterocycles. The molecule has 1 amide bonds. The number of hydrogen-bond acceptors (Lipinski definition) is 3. The van der Waals surface area contributed by atoms with Gasteiger partial charge in [0.25, 0.3) is 0 Å². The number of carbonyl (C=O) groups is 2. The molecule has 164 valence electrons. The summed E-state index contributed by atoms with van der Waals surface area (Å²) in [6.45, 7) is 0.113. The van der Waals surface area contributed by atoms with E-state index in [1.165, 1.54) is 6.07 Å². The van der Waals surface area contributed by atoms with Crippen LogP contribution in [-0.4, -0.2) is 29.8 Å². The SMILES string of the molecule is O=C(N[C@@H](CCCc1ccccc1F)C(=O)O)OCC1c2ccccc2-c2ccccc21. The number of carbonyl (C=O) groups excluding carboxylic acids is 1. The van der Waals surface area contributed by atoms with Crippen LogP contribution in [0.2, 0.25) is 0 Å². The van der Waals surface area contributed by atoms with E-state index in [9.17, 15) is 19.1 Å². The number of rotatable bonds is 8. The van der Waals surface area contributed by atoms with Crippen molar-refractivity contribution in [2.45, 2.75) is 31.2 Å². The average Bonchev–Trinajstić information content (AvgIpc) is 3.12. The summed E-state index contributed by atoms with van der Waals surface area (Å²) in [6.07, 6.45) is 0.211. The van der Waals surface area contributed by atoms with Gasteiger partial charge in [0.05, 0.1) is 0 Å². The largest absolute Gasteiger partial charge is 0.480 e. The predicted octanol–water partition coefficient (Wildman–Crippen LogP) is 5.14. The van der Waals surface area contributed by atoms with Gasteiger partial charge in [-0.2, -0.15) is 0 Å². The third kappa shape index (κ3) is 4.64. The van der Waals surface area contributed by atoms with Crippen LogP contribution in [0.5, 0.6) is 0 Å². The number of amides is 1. The summed E-state index contributed by atoms with van der Waals surface area (Å²) >= 11 is 0. The molecule has 0 fully saturated rings. The third-order valence-electron chi connectivity index (χ3n) is 5.83. The van der Waals surface area contributed by atoms with Gasteiger partial charge in [0.2, 0.25) is 0 Å².